The van der Waals surface area contributed by atoms with Crippen molar-refractivity contribution >= 4 is 17.6 Å². The molecule has 0 spiro atoms. The van der Waals surface area contributed by atoms with Crippen LogP contribution in [0.15, 0.2) is 24.3 Å². The quantitative estimate of drug-likeness (QED) is 0.670. The summed E-state index contributed by atoms with van der Waals surface area (Å²) in [4.78, 5) is 24.4. The summed E-state index contributed by atoms with van der Waals surface area (Å²) in [5, 5.41) is 2.84. The molecular weight excluding hydrogens is 244 g/mol. The highest BCUT2D eigenvalue weighted by Gasteiger charge is 2.26. The van der Waals surface area contributed by atoms with Crippen LogP contribution in [-0.4, -0.2) is 29.4 Å². The predicted octanol–water partition coefficient (Wildman–Crippen LogP) is 0.428. The zero-order valence-electron chi connectivity index (χ0n) is 10.6. The maximum atomic E-state index is 12.0. The van der Waals surface area contributed by atoms with Gasteiger partial charge in [0, 0.05) is 18.3 Å². The summed E-state index contributed by atoms with van der Waals surface area (Å²) in [6, 6.07) is 7.19. The van der Waals surface area contributed by atoms with Crippen LogP contribution in [0.2, 0.25) is 0 Å². The van der Waals surface area contributed by atoms with E-state index in [0.29, 0.717) is 12.2 Å². The highest BCUT2D eigenvalue weighted by Crippen LogP contribution is 2.19. The fourth-order valence-corrected chi connectivity index (χ4v) is 1.79. The van der Waals surface area contributed by atoms with Crippen LogP contribution in [0.3, 0.4) is 0 Å². The average molecular weight is 262 g/mol. The SMILES string of the molecule is NC(=O)CN(Cc1cccc(N)c1)C(=O)NC1CC1. The first-order chi connectivity index (χ1) is 9.04. The standard InChI is InChI=1S/C13H18N4O2/c14-10-3-1-2-9(6-10)7-17(8-12(15)18)13(19)16-11-4-5-11/h1-3,6,11H,4-5,7-8,14H2,(H2,15,18)(H,16,19). The number of rotatable bonds is 5. The van der Waals surface area contributed by atoms with E-state index in [1.54, 1.807) is 12.1 Å². The number of benzene rings is 1. The third-order valence-electron chi connectivity index (χ3n) is 2.86. The molecule has 1 saturated carbocycles. The van der Waals surface area contributed by atoms with E-state index in [4.69, 9.17) is 11.5 Å². The first-order valence-corrected chi connectivity index (χ1v) is 6.23. The van der Waals surface area contributed by atoms with Crippen molar-refractivity contribution in [3.63, 3.8) is 0 Å². The Morgan fingerprint density at radius 2 is 2.11 bits per heavy atom. The Hall–Kier alpha value is -2.24. The second-order valence-electron chi connectivity index (χ2n) is 4.79. The number of nitrogen functional groups attached to an aromatic ring is 1. The number of urea groups is 1. The van der Waals surface area contributed by atoms with Crippen molar-refractivity contribution in [2.24, 2.45) is 5.73 Å². The van der Waals surface area contributed by atoms with Gasteiger partial charge in [0.15, 0.2) is 0 Å². The summed E-state index contributed by atoms with van der Waals surface area (Å²) in [5.41, 5.74) is 12.4. The Kier molecular flexibility index (Phi) is 3.89. The number of carbonyl (C=O) groups is 2. The van der Waals surface area contributed by atoms with Gasteiger partial charge in [-0.05, 0) is 30.5 Å². The first kappa shape index (κ1) is 13.2. The Balaban J connectivity index is 2.03. The first-order valence-electron chi connectivity index (χ1n) is 6.23. The van der Waals surface area contributed by atoms with Crippen molar-refractivity contribution in [3.05, 3.63) is 29.8 Å². The van der Waals surface area contributed by atoms with E-state index in [1.807, 2.05) is 12.1 Å². The molecule has 0 aromatic heterocycles. The van der Waals surface area contributed by atoms with Gasteiger partial charge in [-0.3, -0.25) is 4.79 Å². The van der Waals surface area contributed by atoms with E-state index in [0.717, 1.165) is 18.4 Å². The lowest BCUT2D eigenvalue weighted by atomic mass is 10.2. The molecule has 0 aliphatic heterocycles. The molecule has 1 fully saturated rings. The van der Waals surface area contributed by atoms with Gasteiger partial charge in [-0.15, -0.1) is 0 Å². The largest absolute Gasteiger partial charge is 0.399 e. The number of nitrogens with one attached hydrogen (secondary N) is 1. The van der Waals surface area contributed by atoms with Crippen molar-refractivity contribution in [1.29, 1.82) is 0 Å². The molecule has 0 heterocycles. The molecule has 6 heteroatoms. The highest BCUT2D eigenvalue weighted by molar-refractivity contribution is 5.83. The summed E-state index contributed by atoms with van der Waals surface area (Å²) in [6.07, 6.45) is 1.99. The number of hydrogen-bond donors (Lipinski definition) is 3. The van der Waals surface area contributed by atoms with E-state index in [-0.39, 0.29) is 18.6 Å². The molecule has 5 N–H and O–H groups in total. The summed E-state index contributed by atoms with van der Waals surface area (Å²) in [7, 11) is 0. The number of nitrogens with two attached hydrogens (primary N) is 2. The van der Waals surface area contributed by atoms with E-state index in [2.05, 4.69) is 5.32 Å². The van der Waals surface area contributed by atoms with Crippen LogP contribution in [0.25, 0.3) is 0 Å². The van der Waals surface area contributed by atoms with Gasteiger partial charge in [-0.25, -0.2) is 4.79 Å². The molecule has 1 aromatic carbocycles. The topological polar surface area (TPSA) is 101 Å². The Labute approximate surface area is 111 Å². The maximum Gasteiger partial charge on any atom is 0.318 e. The van der Waals surface area contributed by atoms with Crippen molar-refractivity contribution in [2.45, 2.75) is 25.4 Å². The third-order valence-corrected chi connectivity index (χ3v) is 2.86. The van der Waals surface area contributed by atoms with Crippen molar-refractivity contribution in [2.75, 3.05) is 12.3 Å². The van der Waals surface area contributed by atoms with Gasteiger partial charge in [0.1, 0.15) is 6.54 Å². The fourth-order valence-electron chi connectivity index (χ4n) is 1.79. The lowest BCUT2D eigenvalue weighted by Crippen LogP contribution is -2.44. The molecule has 3 amide bonds. The van der Waals surface area contributed by atoms with Crippen LogP contribution in [0, 0.1) is 0 Å². The van der Waals surface area contributed by atoms with E-state index >= 15 is 0 Å². The minimum Gasteiger partial charge on any atom is -0.399 e. The number of anilines is 1. The zero-order chi connectivity index (χ0) is 13.8. The third kappa shape index (κ3) is 4.17. The van der Waals surface area contributed by atoms with E-state index < -0.39 is 5.91 Å². The van der Waals surface area contributed by atoms with Crippen LogP contribution in [-0.2, 0) is 11.3 Å². The molecule has 102 valence electrons. The molecule has 0 atom stereocenters. The molecular formula is C13H18N4O2. The van der Waals surface area contributed by atoms with Crippen molar-refractivity contribution < 1.29 is 9.59 Å². The number of primary amides is 1. The second kappa shape index (κ2) is 5.60. The summed E-state index contributed by atoms with van der Waals surface area (Å²) < 4.78 is 0. The minimum absolute atomic E-state index is 0.104. The average Bonchev–Trinajstić information content (AvgIpc) is 3.11. The fraction of sp³-hybridized carbons (Fsp3) is 0.385. The van der Waals surface area contributed by atoms with Gasteiger partial charge < -0.3 is 21.7 Å². The molecule has 0 unspecified atom stereocenters. The molecule has 6 nitrogen and oxygen atoms in total. The van der Waals surface area contributed by atoms with Crippen molar-refractivity contribution in [3.8, 4) is 0 Å². The lowest BCUT2D eigenvalue weighted by molar-refractivity contribution is -0.118. The van der Waals surface area contributed by atoms with Crippen LogP contribution in [0.5, 0.6) is 0 Å². The van der Waals surface area contributed by atoms with Crippen LogP contribution >= 0.6 is 0 Å². The highest BCUT2D eigenvalue weighted by atomic mass is 16.2. The molecule has 1 aliphatic rings. The molecule has 2 rings (SSSR count). The molecule has 1 aromatic rings. The van der Waals surface area contributed by atoms with Crippen LogP contribution in [0.4, 0.5) is 10.5 Å². The van der Waals surface area contributed by atoms with E-state index in [9.17, 15) is 9.59 Å². The van der Waals surface area contributed by atoms with Gasteiger partial charge in [0.05, 0.1) is 0 Å². The smallest absolute Gasteiger partial charge is 0.318 e. The van der Waals surface area contributed by atoms with E-state index in [1.165, 1.54) is 4.90 Å². The number of amides is 3. The van der Waals surface area contributed by atoms with Gasteiger partial charge in [-0.1, -0.05) is 12.1 Å². The normalized spacial score (nSPS) is 13.9. The van der Waals surface area contributed by atoms with Crippen molar-refractivity contribution in [1.82, 2.24) is 10.2 Å². The molecule has 0 saturated heterocycles. The Morgan fingerprint density at radius 3 is 2.68 bits per heavy atom. The molecule has 19 heavy (non-hydrogen) atoms. The number of carbonyl (C=O) groups excluding carboxylic acids is 2. The lowest BCUT2D eigenvalue weighted by Gasteiger charge is -2.21. The zero-order valence-corrected chi connectivity index (χ0v) is 10.6. The Bertz CT molecular complexity index is 485. The monoisotopic (exact) mass is 262 g/mol. The summed E-state index contributed by atoms with van der Waals surface area (Å²) in [5.74, 6) is -0.533. The van der Waals surface area contributed by atoms with Gasteiger partial charge in [0.2, 0.25) is 5.91 Å². The second-order valence-corrected chi connectivity index (χ2v) is 4.79. The van der Waals surface area contributed by atoms with Crippen LogP contribution < -0.4 is 16.8 Å². The summed E-state index contributed by atoms with van der Waals surface area (Å²) in [6.45, 7) is 0.208. The number of hydrogen-bond acceptors (Lipinski definition) is 3. The Morgan fingerprint density at radius 1 is 1.37 bits per heavy atom. The van der Waals surface area contributed by atoms with Crippen LogP contribution in [0.1, 0.15) is 18.4 Å². The van der Waals surface area contributed by atoms with Gasteiger partial charge >= 0.3 is 6.03 Å². The predicted molar refractivity (Wildman–Crippen MR) is 72.0 cm³/mol. The van der Waals surface area contributed by atoms with Gasteiger partial charge in [-0.2, -0.15) is 0 Å². The molecule has 0 radical (unpaired) electrons. The van der Waals surface area contributed by atoms with Gasteiger partial charge in [0.25, 0.3) is 0 Å². The summed E-state index contributed by atoms with van der Waals surface area (Å²) >= 11 is 0. The minimum atomic E-state index is -0.533. The maximum absolute atomic E-state index is 12.0. The number of nitrogens with zero attached hydrogens (tertiary/aromatic N) is 1. The molecule has 1 aliphatic carbocycles. The molecule has 0 bridgehead atoms.